The molecule has 0 aliphatic heterocycles. The number of hydrogen-bond donors (Lipinski definition) is 0. The van der Waals surface area contributed by atoms with E-state index in [0.29, 0.717) is 17.8 Å². The number of allylic oxidation sites excluding steroid dienone is 1. The molecule has 0 radical (unpaired) electrons. The molecule has 3 aliphatic carbocycles. The van der Waals surface area contributed by atoms with Crippen molar-refractivity contribution >= 4 is 22.8 Å². The number of aromatic nitrogens is 1. The zero-order valence-corrected chi connectivity index (χ0v) is 25.4. The summed E-state index contributed by atoms with van der Waals surface area (Å²) in [4.78, 5) is 11.8. The van der Waals surface area contributed by atoms with E-state index in [4.69, 9.17) is 0 Å². The normalized spacial score (nSPS) is 23.6. The molecule has 3 aliphatic rings. The smallest absolute Gasteiger partial charge is 0.125 e. The van der Waals surface area contributed by atoms with Gasteiger partial charge < -0.3 is 9.36 Å². The lowest BCUT2D eigenvalue weighted by Gasteiger charge is -2.45. The Morgan fingerprint density at radius 2 is 1.64 bits per heavy atom. The Kier molecular flexibility index (Phi) is 7.42. The lowest BCUT2D eigenvalue weighted by Crippen LogP contribution is -2.37. The highest BCUT2D eigenvalue weighted by Crippen LogP contribution is 2.52. The zero-order valence-electron chi connectivity index (χ0n) is 25.4. The first-order valence-electron chi connectivity index (χ1n) is 16.4. The third-order valence-electron chi connectivity index (χ3n) is 11.1. The number of carbonyl (C=O) groups excluding carboxylic acids is 1. The monoisotopic (exact) mass is 555 g/mol. The molecule has 0 spiro atoms. The van der Waals surface area contributed by atoms with Crippen LogP contribution in [0.1, 0.15) is 106 Å². The highest BCUT2D eigenvalue weighted by atomic mass is 16.1. The van der Waals surface area contributed by atoms with Crippen LogP contribution in [0, 0.1) is 17.3 Å². The van der Waals surface area contributed by atoms with Crippen molar-refractivity contribution in [3.63, 3.8) is 0 Å². The van der Waals surface area contributed by atoms with Crippen molar-refractivity contribution in [2.45, 2.75) is 90.0 Å². The molecule has 42 heavy (non-hydrogen) atoms. The van der Waals surface area contributed by atoms with Gasteiger partial charge in [0.1, 0.15) is 6.29 Å². The van der Waals surface area contributed by atoms with E-state index in [1.165, 1.54) is 90.8 Å². The number of nitrogens with zero attached hydrogens (tertiary/aromatic N) is 1. The van der Waals surface area contributed by atoms with E-state index >= 15 is 0 Å². The van der Waals surface area contributed by atoms with Gasteiger partial charge in [0.15, 0.2) is 0 Å². The predicted octanol–water partition coefficient (Wildman–Crippen LogP) is 10.3. The topological polar surface area (TPSA) is 22.0 Å². The molecule has 2 nitrogen and oxygen atoms in total. The van der Waals surface area contributed by atoms with Crippen molar-refractivity contribution in [3.05, 3.63) is 113 Å². The van der Waals surface area contributed by atoms with E-state index in [9.17, 15) is 4.79 Å². The number of fused-ring (bicyclic) bond motifs is 1. The standard InChI is InChI=1S/C40H45NO/c1-40(2,27-42)37-21-20-34(37)33-18-9-19-38-35(33)22-24-41(38)23-10-11-28-25-31(26-28)32-16-6-7-17-36(32)39(30-14-8-15-30)29-12-4-3-5-13-29/h3-7,9,12-13,16-19,22,24,27-28,31,34,37H,8,10-11,14-15,20-21,23,25-26H2,1-2H3. The van der Waals surface area contributed by atoms with Gasteiger partial charge in [0.05, 0.1) is 0 Å². The largest absolute Gasteiger partial charge is 0.347 e. The third kappa shape index (κ3) is 4.97. The van der Waals surface area contributed by atoms with Crippen LogP contribution in [0.25, 0.3) is 16.5 Å². The van der Waals surface area contributed by atoms with Gasteiger partial charge in [-0.25, -0.2) is 0 Å². The van der Waals surface area contributed by atoms with Crippen molar-refractivity contribution in [3.8, 4) is 0 Å². The Morgan fingerprint density at radius 3 is 2.36 bits per heavy atom. The van der Waals surface area contributed by atoms with Gasteiger partial charge in [-0.15, -0.1) is 0 Å². The molecule has 3 saturated carbocycles. The van der Waals surface area contributed by atoms with E-state index in [-0.39, 0.29) is 5.41 Å². The van der Waals surface area contributed by atoms with Crippen LogP contribution < -0.4 is 0 Å². The number of benzene rings is 3. The number of rotatable bonds is 10. The maximum atomic E-state index is 11.8. The minimum Gasteiger partial charge on any atom is -0.347 e. The van der Waals surface area contributed by atoms with Crippen LogP contribution in [0.15, 0.2) is 90.6 Å². The molecule has 2 unspecified atom stereocenters. The molecule has 0 N–H and O–H groups in total. The van der Waals surface area contributed by atoms with Gasteiger partial charge in [-0.1, -0.05) is 86.2 Å². The molecule has 0 amide bonds. The number of aldehydes is 1. The highest BCUT2D eigenvalue weighted by molar-refractivity contribution is 5.85. The molecular weight excluding hydrogens is 510 g/mol. The van der Waals surface area contributed by atoms with Gasteiger partial charge in [0.2, 0.25) is 0 Å². The molecule has 7 rings (SSSR count). The van der Waals surface area contributed by atoms with Crippen LogP contribution in [0.5, 0.6) is 0 Å². The lowest BCUT2D eigenvalue weighted by atomic mass is 9.59. The van der Waals surface area contributed by atoms with Crippen molar-refractivity contribution in [2.75, 3.05) is 0 Å². The minimum absolute atomic E-state index is 0.244. The second-order valence-electron chi connectivity index (χ2n) is 14.0. The summed E-state index contributed by atoms with van der Waals surface area (Å²) >= 11 is 0. The molecule has 3 aromatic carbocycles. The fourth-order valence-electron chi connectivity index (χ4n) is 8.23. The van der Waals surface area contributed by atoms with E-state index < -0.39 is 0 Å². The van der Waals surface area contributed by atoms with Crippen molar-refractivity contribution in [1.82, 2.24) is 4.57 Å². The second-order valence-corrected chi connectivity index (χ2v) is 14.0. The molecule has 4 aromatic rings. The molecule has 2 heteroatoms. The Hall–Kier alpha value is -3.39. The fourth-order valence-corrected chi connectivity index (χ4v) is 8.23. The minimum atomic E-state index is -0.244. The summed E-state index contributed by atoms with van der Waals surface area (Å²) in [7, 11) is 0. The number of carbonyl (C=O) groups is 1. The van der Waals surface area contributed by atoms with Gasteiger partial charge in [-0.05, 0) is 121 Å². The lowest BCUT2D eigenvalue weighted by molar-refractivity contribution is -0.119. The summed E-state index contributed by atoms with van der Waals surface area (Å²) in [5, 5.41) is 1.39. The van der Waals surface area contributed by atoms with Crippen LogP contribution in [-0.4, -0.2) is 10.9 Å². The third-order valence-corrected chi connectivity index (χ3v) is 11.1. The maximum Gasteiger partial charge on any atom is 0.125 e. The summed E-state index contributed by atoms with van der Waals surface area (Å²) in [5.41, 5.74) is 10.2. The fraction of sp³-hybridized carbons (Fsp3) is 0.425. The van der Waals surface area contributed by atoms with Gasteiger partial charge >= 0.3 is 0 Å². The summed E-state index contributed by atoms with van der Waals surface area (Å²) in [6.45, 7) is 5.31. The van der Waals surface area contributed by atoms with Crippen LogP contribution in [0.3, 0.4) is 0 Å². The molecular formula is C40H45NO. The number of aryl methyl sites for hydroxylation is 1. The summed E-state index contributed by atoms with van der Waals surface area (Å²) in [6, 6.07) is 29.5. The molecule has 2 atom stereocenters. The second kappa shape index (κ2) is 11.4. The molecule has 3 fully saturated rings. The van der Waals surface area contributed by atoms with E-state index in [0.717, 1.165) is 18.9 Å². The molecule has 216 valence electrons. The van der Waals surface area contributed by atoms with Crippen molar-refractivity contribution < 1.29 is 4.79 Å². The van der Waals surface area contributed by atoms with Gasteiger partial charge in [-0.2, -0.15) is 0 Å². The Bertz CT molecular complexity index is 1590. The average molecular weight is 556 g/mol. The van der Waals surface area contributed by atoms with Crippen molar-refractivity contribution in [1.29, 1.82) is 0 Å². The SMILES string of the molecule is CC(C)(C=O)C1CCC1c1cccc2c1ccn2CCCC1CC(c2ccccc2C(=C2CCC2)c2ccccc2)C1. The van der Waals surface area contributed by atoms with Gasteiger partial charge in [0.25, 0.3) is 0 Å². The summed E-state index contributed by atoms with van der Waals surface area (Å²) in [6.07, 6.45) is 14.8. The average Bonchev–Trinajstić information content (AvgIpc) is 3.35. The van der Waals surface area contributed by atoms with Gasteiger partial charge in [-0.3, -0.25) is 0 Å². The van der Waals surface area contributed by atoms with Crippen LogP contribution >= 0.6 is 0 Å². The summed E-state index contributed by atoms with van der Waals surface area (Å²) < 4.78 is 2.47. The van der Waals surface area contributed by atoms with E-state index in [1.54, 1.807) is 11.1 Å². The van der Waals surface area contributed by atoms with Crippen LogP contribution in [0.4, 0.5) is 0 Å². The predicted molar refractivity (Wildman–Crippen MR) is 175 cm³/mol. The Balaban J connectivity index is 0.997. The molecule has 0 saturated heterocycles. The maximum absolute atomic E-state index is 11.8. The first-order valence-corrected chi connectivity index (χ1v) is 16.4. The summed E-state index contributed by atoms with van der Waals surface area (Å²) in [5.74, 6) is 2.47. The zero-order chi connectivity index (χ0) is 28.7. The Labute approximate surface area is 251 Å². The van der Waals surface area contributed by atoms with Crippen LogP contribution in [-0.2, 0) is 11.3 Å². The number of hydrogen-bond acceptors (Lipinski definition) is 1. The van der Waals surface area contributed by atoms with E-state index in [1.807, 2.05) is 0 Å². The molecule has 1 heterocycles. The molecule has 1 aromatic heterocycles. The Morgan fingerprint density at radius 1 is 0.881 bits per heavy atom. The highest BCUT2D eigenvalue weighted by Gasteiger charge is 2.43. The van der Waals surface area contributed by atoms with Crippen LogP contribution in [0.2, 0.25) is 0 Å². The van der Waals surface area contributed by atoms with Gasteiger partial charge in [0, 0.05) is 29.1 Å². The molecule has 0 bridgehead atoms. The van der Waals surface area contributed by atoms with Crippen molar-refractivity contribution in [2.24, 2.45) is 17.3 Å². The first-order chi connectivity index (χ1) is 20.5. The van der Waals surface area contributed by atoms with E-state index in [2.05, 4.69) is 103 Å². The first kappa shape index (κ1) is 27.4. The quantitative estimate of drug-likeness (QED) is 0.178.